The van der Waals surface area contributed by atoms with Gasteiger partial charge in [-0.1, -0.05) is 0 Å². The van der Waals surface area contributed by atoms with Crippen molar-refractivity contribution in [2.24, 2.45) is 0 Å². The second-order valence-electron chi connectivity index (χ2n) is 4.31. The van der Waals surface area contributed by atoms with Crippen molar-refractivity contribution >= 4 is 17.4 Å². The minimum absolute atomic E-state index is 0.186. The highest BCUT2D eigenvalue weighted by molar-refractivity contribution is 7.11. The molecule has 0 bridgehead atoms. The Hall–Kier alpha value is -1.14. The third-order valence-electron chi connectivity index (χ3n) is 2.48. The molecule has 1 rings (SSSR count). The van der Waals surface area contributed by atoms with Gasteiger partial charge in [-0.25, -0.2) is 9.78 Å². The first-order valence-electron chi connectivity index (χ1n) is 6.11. The number of thiazole rings is 1. The number of rotatable bonds is 6. The SMILES string of the molecule is Cc1nc(C)c(CCNC(=O)NCCC(C)O)s1. The number of hydrogen-bond acceptors (Lipinski definition) is 4. The summed E-state index contributed by atoms with van der Waals surface area (Å²) in [7, 11) is 0. The molecule has 0 fully saturated rings. The maximum absolute atomic E-state index is 11.4. The van der Waals surface area contributed by atoms with E-state index in [0.717, 1.165) is 17.1 Å². The van der Waals surface area contributed by atoms with Crippen molar-refractivity contribution in [1.29, 1.82) is 0 Å². The van der Waals surface area contributed by atoms with Gasteiger partial charge in [0, 0.05) is 24.4 Å². The molecule has 0 spiro atoms. The molecule has 0 saturated heterocycles. The zero-order chi connectivity index (χ0) is 13.5. The predicted octanol–water partition coefficient (Wildman–Crippen LogP) is 1.37. The lowest BCUT2D eigenvalue weighted by Crippen LogP contribution is -2.37. The van der Waals surface area contributed by atoms with Gasteiger partial charge in [-0.3, -0.25) is 0 Å². The smallest absolute Gasteiger partial charge is 0.314 e. The number of nitrogens with zero attached hydrogens (tertiary/aromatic N) is 1. The molecule has 2 amide bonds. The van der Waals surface area contributed by atoms with Crippen LogP contribution in [0.3, 0.4) is 0 Å². The maximum atomic E-state index is 11.4. The number of aliphatic hydroxyl groups is 1. The maximum Gasteiger partial charge on any atom is 0.314 e. The predicted molar refractivity (Wildman–Crippen MR) is 73.0 cm³/mol. The fourth-order valence-corrected chi connectivity index (χ4v) is 2.49. The molecule has 18 heavy (non-hydrogen) atoms. The van der Waals surface area contributed by atoms with Gasteiger partial charge in [-0.05, 0) is 27.2 Å². The largest absolute Gasteiger partial charge is 0.393 e. The molecule has 6 heteroatoms. The third kappa shape index (κ3) is 5.46. The Balaban J connectivity index is 2.17. The summed E-state index contributed by atoms with van der Waals surface area (Å²) < 4.78 is 0. The van der Waals surface area contributed by atoms with E-state index in [1.165, 1.54) is 4.88 Å². The first-order valence-corrected chi connectivity index (χ1v) is 6.93. The summed E-state index contributed by atoms with van der Waals surface area (Å²) in [6.07, 6.45) is 0.995. The van der Waals surface area contributed by atoms with Crippen LogP contribution >= 0.6 is 11.3 Å². The van der Waals surface area contributed by atoms with Crippen molar-refractivity contribution in [3.8, 4) is 0 Å². The van der Waals surface area contributed by atoms with Crippen molar-refractivity contribution in [2.45, 2.75) is 39.7 Å². The Morgan fingerprint density at radius 3 is 2.61 bits per heavy atom. The number of aliphatic hydroxyl groups excluding tert-OH is 1. The summed E-state index contributed by atoms with van der Waals surface area (Å²) in [5.74, 6) is 0. The lowest BCUT2D eigenvalue weighted by molar-refractivity contribution is 0.183. The molecular formula is C12H21N3O2S. The van der Waals surface area contributed by atoms with Gasteiger partial charge in [0.15, 0.2) is 0 Å². The van der Waals surface area contributed by atoms with E-state index in [2.05, 4.69) is 15.6 Å². The summed E-state index contributed by atoms with van der Waals surface area (Å²) in [6.45, 7) is 6.76. The van der Waals surface area contributed by atoms with E-state index in [1.54, 1.807) is 18.3 Å². The fourth-order valence-electron chi connectivity index (χ4n) is 1.55. The first-order chi connectivity index (χ1) is 8.49. The fraction of sp³-hybridized carbons (Fsp3) is 0.667. The van der Waals surface area contributed by atoms with Crippen molar-refractivity contribution in [3.63, 3.8) is 0 Å². The van der Waals surface area contributed by atoms with Gasteiger partial charge in [0.2, 0.25) is 0 Å². The van der Waals surface area contributed by atoms with Gasteiger partial charge >= 0.3 is 6.03 Å². The van der Waals surface area contributed by atoms with E-state index in [4.69, 9.17) is 5.11 Å². The summed E-state index contributed by atoms with van der Waals surface area (Å²) in [5.41, 5.74) is 1.05. The van der Waals surface area contributed by atoms with Crippen molar-refractivity contribution in [2.75, 3.05) is 13.1 Å². The molecule has 5 nitrogen and oxygen atoms in total. The van der Waals surface area contributed by atoms with Gasteiger partial charge in [-0.15, -0.1) is 11.3 Å². The van der Waals surface area contributed by atoms with Crippen molar-refractivity contribution < 1.29 is 9.90 Å². The number of amides is 2. The lowest BCUT2D eigenvalue weighted by atomic mass is 10.3. The topological polar surface area (TPSA) is 74.2 Å². The lowest BCUT2D eigenvalue weighted by Gasteiger charge is -2.08. The Morgan fingerprint density at radius 2 is 2.06 bits per heavy atom. The Kier molecular flexibility index (Phi) is 6.07. The van der Waals surface area contributed by atoms with Crippen LogP contribution in [0.2, 0.25) is 0 Å². The molecular weight excluding hydrogens is 250 g/mol. The number of aryl methyl sites for hydroxylation is 2. The monoisotopic (exact) mass is 271 g/mol. The molecule has 0 aliphatic carbocycles. The molecule has 3 N–H and O–H groups in total. The second kappa shape index (κ2) is 7.33. The molecule has 0 aliphatic rings. The minimum atomic E-state index is -0.381. The average Bonchev–Trinajstić information content (AvgIpc) is 2.57. The van der Waals surface area contributed by atoms with Crippen LogP contribution in [0, 0.1) is 13.8 Å². The van der Waals surface area contributed by atoms with Crippen LogP contribution in [0.4, 0.5) is 4.79 Å². The van der Waals surface area contributed by atoms with E-state index in [0.29, 0.717) is 19.5 Å². The van der Waals surface area contributed by atoms with E-state index < -0.39 is 0 Å². The number of urea groups is 1. The Bertz CT molecular complexity index is 391. The highest BCUT2D eigenvalue weighted by atomic mass is 32.1. The number of carbonyl (C=O) groups excluding carboxylic acids is 1. The number of aromatic nitrogens is 1. The minimum Gasteiger partial charge on any atom is -0.393 e. The zero-order valence-corrected chi connectivity index (χ0v) is 11.9. The Labute approximate surface area is 112 Å². The third-order valence-corrected chi connectivity index (χ3v) is 3.62. The summed E-state index contributed by atoms with van der Waals surface area (Å²) in [6, 6.07) is -0.186. The van der Waals surface area contributed by atoms with Crippen LogP contribution in [0.15, 0.2) is 0 Å². The van der Waals surface area contributed by atoms with Gasteiger partial charge in [0.25, 0.3) is 0 Å². The quantitative estimate of drug-likeness (QED) is 0.731. The van der Waals surface area contributed by atoms with Crippen molar-refractivity contribution in [3.05, 3.63) is 15.6 Å². The highest BCUT2D eigenvalue weighted by Gasteiger charge is 2.05. The molecule has 1 aromatic heterocycles. The molecule has 1 heterocycles. The van der Waals surface area contributed by atoms with Crippen LogP contribution in [0.1, 0.15) is 28.9 Å². The molecule has 102 valence electrons. The second-order valence-corrected chi connectivity index (χ2v) is 5.60. The molecule has 1 aromatic rings. The highest BCUT2D eigenvalue weighted by Crippen LogP contribution is 2.16. The number of carbonyl (C=O) groups is 1. The van der Waals surface area contributed by atoms with Crippen LogP contribution in [-0.4, -0.2) is 35.3 Å². The van der Waals surface area contributed by atoms with Gasteiger partial charge in [0.05, 0.1) is 16.8 Å². The summed E-state index contributed by atoms with van der Waals surface area (Å²) in [4.78, 5) is 16.9. The molecule has 0 aromatic carbocycles. The average molecular weight is 271 g/mol. The molecule has 1 unspecified atom stereocenters. The number of hydrogen-bond donors (Lipinski definition) is 3. The van der Waals surface area contributed by atoms with Crippen LogP contribution in [0.5, 0.6) is 0 Å². The normalized spacial score (nSPS) is 12.2. The first kappa shape index (κ1) is 14.9. The van der Waals surface area contributed by atoms with E-state index in [-0.39, 0.29) is 12.1 Å². The Morgan fingerprint density at radius 1 is 1.39 bits per heavy atom. The molecule has 0 saturated carbocycles. The van der Waals surface area contributed by atoms with Gasteiger partial charge in [0.1, 0.15) is 0 Å². The summed E-state index contributed by atoms with van der Waals surface area (Å²) >= 11 is 1.67. The number of nitrogens with one attached hydrogen (secondary N) is 2. The standard InChI is InChI=1S/C12H21N3O2S/c1-8(16)4-6-13-12(17)14-7-5-11-9(2)15-10(3)18-11/h8,16H,4-7H2,1-3H3,(H2,13,14,17). The molecule has 1 atom stereocenters. The van der Waals surface area contributed by atoms with E-state index in [1.807, 2.05) is 13.8 Å². The van der Waals surface area contributed by atoms with Crippen molar-refractivity contribution in [1.82, 2.24) is 15.6 Å². The molecule has 0 aliphatic heterocycles. The van der Waals surface area contributed by atoms with Gasteiger partial charge in [-0.2, -0.15) is 0 Å². The van der Waals surface area contributed by atoms with Gasteiger partial charge < -0.3 is 15.7 Å². The molecule has 0 radical (unpaired) electrons. The zero-order valence-electron chi connectivity index (χ0n) is 11.1. The van der Waals surface area contributed by atoms with Crippen LogP contribution < -0.4 is 10.6 Å². The van der Waals surface area contributed by atoms with E-state index >= 15 is 0 Å². The van der Waals surface area contributed by atoms with Crippen LogP contribution in [0.25, 0.3) is 0 Å². The summed E-state index contributed by atoms with van der Waals surface area (Å²) in [5, 5.41) is 15.6. The van der Waals surface area contributed by atoms with Crippen LogP contribution in [-0.2, 0) is 6.42 Å². The van der Waals surface area contributed by atoms with E-state index in [9.17, 15) is 4.79 Å².